The smallest absolute Gasteiger partial charge is 0.0145 e. The Morgan fingerprint density at radius 2 is 1.90 bits per heavy atom. The molecule has 0 fully saturated rings. The minimum absolute atomic E-state index is 0.268. The molecule has 3 aliphatic carbocycles. The van der Waals surface area contributed by atoms with Gasteiger partial charge < -0.3 is 0 Å². The first kappa shape index (κ1) is 14.7. The highest BCUT2D eigenvalue weighted by molar-refractivity contribution is 6.73. The van der Waals surface area contributed by atoms with Gasteiger partial charge in [-0.25, -0.2) is 0 Å². The van der Waals surface area contributed by atoms with Crippen LogP contribution in [0.3, 0.4) is 0 Å². The van der Waals surface area contributed by atoms with Gasteiger partial charge in [-0.05, 0) is 28.9 Å². The molecule has 0 amide bonds. The topological polar surface area (TPSA) is 0 Å². The largest absolute Gasteiger partial charge is 0.0804 e. The molecule has 0 bridgehead atoms. The number of allylic oxidation sites excluding steroid dienone is 10. The highest BCUT2D eigenvalue weighted by Crippen LogP contribution is 2.52. The lowest BCUT2D eigenvalue weighted by molar-refractivity contribution is 0.427. The van der Waals surface area contributed by atoms with Crippen molar-refractivity contribution in [2.75, 3.05) is 0 Å². The minimum atomic E-state index is -0.454. The van der Waals surface area contributed by atoms with E-state index in [1.807, 2.05) is 0 Å². The van der Waals surface area contributed by atoms with E-state index in [0.29, 0.717) is 11.8 Å². The third-order valence-electron chi connectivity index (χ3n) is 5.17. The molecule has 0 aliphatic heterocycles. The van der Waals surface area contributed by atoms with Crippen molar-refractivity contribution in [2.24, 2.45) is 17.3 Å². The lowest BCUT2D eigenvalue weighted by Crippen LogP contribution is -2.33. The maximum atomic E-state index is 2.47. The van der Waals surface area contributed by atoms with E-state index in [1.165, 1.54) is 0 Å². The van der Waals surface area contributed by atoms with Crippen molar-refractivity contribution in [3.8, 4) is 0 Å². The van der Waals surface area contributed by atoms with Crippen molar-refractivity contribution in [1.82, 2.24) is 0 Å². The van der Waals surface area contributed by atoms with Crippen molar-refractivity contribution in [1.29, 1.82) is 0 Å². The van der Waals surface area contributed by atoms with Gasteiger partial charge in [-0.3, -0.25) is 0 Å². The molecular weight excluding hydrogens is 268 g/mol. The molecule has 0 spiro atoms. The van der Waals surface area contributed by atoms with Gasteiger partial charge in [0, 0.05) is 14.3 Å². The van der Waals surface area contributed by atoms with Gasteiger partial charge in [-0.2, -0.15) is 0 Å². The van der Waals surface area contributed by atoms with E-state index >= 15 is 0 Å². The second-order valence-corrected chi connectivity index (χ2v) is 9.81. The molecule has 3 aliphatic rings. The Morgan fingerprint density at radius 1 is 1.14 bits per heavy atom. The maximum absolute atomic E-state index is 2.47. The van der Waals surface area contributed by atoms with E-state index in [1.54, 1.807) is 21.9 Å². The highest BCUT2D eigenvalue weighted by Gasteiger charge is 2.46. The molecule has 21 heavy (non-hydrogen) atoms. The summed E-state index contributed by atoms with van der Waals surface area (Å²) in [5.41, 5.74) is 5.12. The summed E-state index contributed by atoms with van der Waals surface area (Å²) >= 11 is 0. The summed E-state index contributed by atoms with van der Waals surface area (Å²) in [4.78, 5) is 0. The molecule has 0 aromatic rings. The standard InChI is InChI=1S/C20H26Si/c1-14-10-6-9-13-16-17(14)19(21(4)5)20(2,3)18(16)15-11-7-8-12-15/h6-11,13-14,18H,12H2,1-5H3. The molecule has 110 valence electrons. The number of hydrogen-bond donors (Lipinski definition) is 0. The first-order valence-electron chi connectivity index (χ1n) is 8.07. The van der Waals surface area contributed by atoms with E-state index in [-0.39, 0.29) is 5.41 Å². The maximum Gasteiger partial charge on any atom is 0.0145 e. The molecule has 0 N–H and O–H groups in total. The summed E-state index contributed by atoms with van der Waals surface area (Å²) < 4.78 is 0. The molecule has 0 radical (unpaired) electrons. The van der Waals surface area contributed by atoms with Gasteiger partial charge in [0.25, 0.3) is 0 Å². The highest BCUT2D eigenvalue weighted by atomic mass is 28.2. The first-order chi connectivity index (χ1) is 9.94. The SMILES string of the molecule is CC1C=CC=CC2=C1C(=[Si](C)C)C(C)(C)C2C1=CC=CC1. The van der Waals surface area contributed by atoms with Gasteiger partial charge in [0.1, 0.15) is 0 Å². The first-order valence-corrected chi connectivity index (χ1v) is 10.6. The zero-order valence-electron chi connectivity index (χ0n) is 13.9. The fraction of sp³-hybridized carbons (Fsp3) is 0.450. The van der Waals surface area contributed by atoms with Gasteiger partial charge in [-0.1, -0.05) is 87.1 Å². The molecule has 0 saturated heterocycles. The Bertz CT molecular complexity index is 643. The molecule has 0 nitrogen and oxygen atoms in total. The van der Waals surface area contributed by atoms with Crippen molar-refractivity contribution in [3.05, 3.63) is 59.3 Å². The van der Waals surface area contributed by atoms with Crippen LogP contribution < -0.4 is 0 Å². The van der Waals surface area contributed by atoms with Crippen LogP contribution in [0.5, 0.6) is 0 Å². The number of hydrogen-bond acceptors (Lipinski definition) is 0. The predicted molar refractivity (Wildman–Crippen MR) is 96.1 cm³/mol. The Morgan fingerprint density at radius 3 is 2.52 bits per heavy atom. The number of rotatable bonds is 1. The molecule has 2 atom stereocenters. The van der Waals surface area contributed by atoms with Gasteiger partial charge >= 0.3 is 0 Å². The monoisotopic (exact) mass is 294 g/mol. The van der Waals surface area contributed by atoms with Crippen LogP contribution in [0.15, 0.2) is 59.3 Å². The third kappa shape index (κ3) is 2.22. The van der Waals surface area contributed by atoms with E-state index in [2.05, 4.69) is 76.4 Å². The third-order valence-corrected chi connectivity index (χ3v) is 7.08. The van der Waals surface area contributed by atoms with Crippen LogP contribution in [-0.4, -0.2) is 13.6 Å². The van der Waals surface area contributed by atoms with Crippen LogP contribution >= 0.6 is 0 Å². The fourth-order valence-corrected chi connectivity index (χ4v) is 6.94. The molecule has 0 heterocycles. The van der Waals surface area contributed by atoms with Crippen LogP contribution in [0.1, 0.15) is 27.2 Å². The van der Waals surface area contributed by atoms with Crippen LogP contribution in [0.25, 0.3) is 0 Å². The summed E-state index contributed by atoms with van der Waals surface area (Å²) in [5.74, 6) is 1.11. The van der Waals surface area contributed by atoms with Crippen molar-refractivity contribution in [2.45, 2.75) is 40.3 Å². The molecular formula is C20H26Si. The molecule has 2 unspecified atom stereocenters. The fourth-order valence-electron chi connectivity index (χ4n) is 4.60. The molecule has 0 aromatic heterocycles. The van der Waals surface area contributed by atoms with Crippen molar-refractivity contribution >= 4 is 13.6 Å². The summed E-state index contributed by atoms with van der Waals surface area (Å²) in [7, 11) is -0.454. The van der Waals surface area contributed by atoms with Crippen molar-refractivity contribution in [3.63, 3.8) is 0 Å². The Kier molecular flexibility index (Phi) is 3.65. The van der Waals surface area contributed by atoms with Crippen LogP contribution in [0.2, 0.25) is 13.1 Å². The molecule has 3 rings (SSSR count). The predicted octanol–water partition coefficient (Wildman–Crippen LogP) is 5.10. The second kappa shape index (κ2) is 5.21. The van der Waals surface area contributed by atoms with Gasteiger partial charge in [0.15, 0.2) is 0 Å². The Hall–Kier alpha value is -1.21. The van der Waals surface area contributed by atoms with Gasteiger partial charge in [-0.15, -0.1) is 0 Å². The summed E-state index contributed by atoms with van der Waals surface area (Å²) in [6.07, 6.45) is 17.2. The quantitative estimate of drug-likeness (QED) is 0.590. The average molecular weight is 295 g/mol. The lowest BCUT2D eigenvalue weighted by atomic mass is 9.73. The molecule has 1 heteroatoms. The van der Waals surface area contributed by atoms with Crippen LogP contribution in [0.4, 0.5) is 0 Å². The van der Waals surface area contributed by atoms with E-state index in [4.69, 9.17) is 0 Å². The van der Waals surface area contributed by atoms with Gasteiger partial charge in [0.05, 0.1) is 0 Å². The van der Waals surface area contributed by atoms with E-state index < -0.39 is 8.41 Å². The normalized spacial score (nSPS) is 29.8. The second-order valence-electron chi connectivity index (χ2n) is 7.31. The summed E-state index contributed by atoms with van der Waals surface area (Å²) in [6, 6.07) is 0. The Balaban J connectivity index is 2.23. The Labute approximate surface area is 130 Å². The zero-order valence-corrected chi connectivity index (χ0v) is 14.9. The van der Waals surface area contributed by atoms with Crippen LogP contribution in [0, 0.1) is 17.3 Å². The molecule has 0 aromatic carbocycles. The van der Waals surface area contributed by atoms with Crippen molar-refractivity contribution < 1.29 is 0 Å². The molecule has 0 saturated carbocycles. The summed E-state index contributed by atoms with van der Waals surface area (Å²) in [6.45, 7) is 12.2. The summed E-state index contributed by atoms with van der Waals surface area (Å²) in [5, 5.41) is 1.77. The van der Waals surface area contributed by atoms with E-state index in [9.17, 15) is 0 Å². The zero-order chi connectivity index (χ0) is 15.2. The minimum Gasteiger partial charge on any atom is -0.0804 e. The van der Waals surface area contributed by atoms with Crippen LogP contribution in [-0.2, 0) is 0 Å². The average Bonchev–Trinajstić information content (AvgIpc) is 2.93. The lowest BCUT2D eigenvalue weighted by Gasteiger charge is -2.33. The van der Waals surface area contributed by atoms with Gasteiger partial charge in [0.2, 0.25) is 0 Å². The van der Waals surface area contributed by atoms with E-state index in [0.717, 1.165) is 6.42 Å².